The average Bonchev–Trinajstić information content (AvgIpc) is 2.20. The quantitative estimate of drug-likeness (QED) is 0.869. The second-order valence-electron chi connectivity index (χ2n) is 5.49. The van der Waals surface area contributed by atoms with E-state index in [0.717, 1.165) is 10.0 Å². The molecule has 3 nitrogen and oxygen atoms in total. The molecule has 0 fully saturated rings. The van der Waals surface area contributed by atoms with Crippen molar-refractivity contribution in [2.24, 2.45) is 0 Å². The Kier molecular flexibility index (Phi) is 5.68. The predicted molar refractivity (Wildman–Crippen MR) is 81.7 cm³/mol. The molecule has 0 spiro atoms. The lowest BCUT2D eigenvalue weighted by Gasteiger charge is -2.22. The number of nitrogens with one attached hydrogen (secondary N) is 1. The van der Waals surface area contributed by atoms with Crippen LogP contribution in [0.3, 0.4) is 0 Å². The minimum atomic E-state index is -0.489. The molecule has 5 heteroatoms. The number of hydrogen-bond acceptors (Lipinski definition) is 2. The van der Waals surface area contributed by atoms with Gasteiger partial charge in [-0.15, -0.1) is 0 Å². The molecule has 0 saturated carbocycles. The molecule has 1 aromatic rings. The third-order valence-electron chi connectivity index (χ3n) is 2.30. The van der Waals surface area contributed by atoms with Crippen LogP contribution >= 0.6 is 27.5 Å². The molecule has 0 bridgehead atoms. The molecule has 0 saturated heterocycles. The summed E-state index contributed by atoms with van der Waals surface area (Å²) in [6.45, 7) is 7.43. The number of carbonyl (C=O) groups excluding carboxylic acids is 1. The van der Waals surface area contributed by atoms with E-state index in [1.54, 1.807) is 0 Å². The first-order valence-electron chi connectivity index (χ1n) is 6.11. The lowest BCUT2D eigenvalue weighted by molar-refractivity contribution is 0.0508. The second-order valence-corrected chi connectivity index (χ2v) is 6.81. The van der Waals surface area contributed by atoms with Gasteiger partial charge in [0.1, 0.15) is 5.60 Å². The van der Waals surface area contributed by atoms with E-state index in [4.69, 9.17) is 16.3 Å². The number of rotatable bonds is 3. The van der Waals surface area contributed by atoms with Crippen LogP contribution in [0.5, 0.6) is 0 Å². The molecular formula is C14H19BrClNO2. The van der Waals surface area contributed by atoms with Gasteiger partial charge in [0.2, 0.25) is 0 Å². The van der Waals surface area contributed by atoms with Gasteiger partial charge in [0, 0.05) is 15.5 Å². The fourth-order valence-electron chi connectivity index (χ4n) is 1.59. The maximum Gasteiger partial charge on any atom is 0.407 e. The highest BCUT2D eigenvalue weighted by molar-refractivity contribution is 9.10. The van der Waals surface area contributed by atoms with Crippen LogP contribution in [0.25, 0.3) is 0 Å². The van der Waals surface area contributed by atoms with Crippen LogP contribution in [0.15, 0.2) is 22.7 Å². The Labute approximate surface area is 127 Å². The monoisotopic (exact) mass is 347 g/mol. The van der Waals surface area contributed by atoms with E-state index in [0.29, 0.717) is 11.4 Å². The second kappa shape index (κ2) is 6.62. The summed E-state index contributed by atoms with van der Waals surface area (Å²) in [7, 11) is 0. The fourth-order valence-corrected chi connectivity index (χ4v) is 2.19. The predicted octanol–water partition coefficient (Wildman–Crippen LogP) is 4.56. The van der Waals surface area contributed by atoms with Gasteiger partial charge < -0.3 is 10.1 Å². The minimum absolute atomic E-state index is 0.0540. The zero-order valence-corrected chi connectivity index (χ0v) is 13.9. The lowest BCUT2D eigenvalue weighted by Crippen LogP contribution is -2.38. The summed E-state index contributed by atoms with van der Waals surface area (Å²) < 4.78 is 6.18. The van der Waals surface area contributed by atoms with E-state index < -0.39 is 11.7 Å². The summed E-state index contributed by atoms with van der Waals surface area (Å²) in [6.07, 6.45) is 0.239. The lowest BCUT2D eigenvalue weighted by atomic mass is 10.1. The number of benzene rings is 1. The molecule has 106 valence electrons. The number of halogens is 2. The molecule has 1 atom stereocenters. The van der Waals surface area contributed by atoms with E-state index in [-0.39, 0.29) is 6.04 Å². The van der Waals surface area contributed by atoms with Crippen LogP contribution < -0.4 is 5.32 Å². The molecule has 1 unspecified atom stereocenters. The summed E-state index contributed by atoms with van der Waals surface area (Å²) in [5, 5.41) is 3.49. The van der Waals surface area contributed by atoms with E-state index in [9.17, 15) is 4.79 Å². The Morgan fingerprint density at radius 1 is 1.47 bits per heavy atom. The van der Waals surface area contributed by atoms with Gasteiger partial charge in [-0.3, -0.25) is 0 Å². The molecule has 1 rings (SSSR count). The molecule has 1 N–H and O–H groups in total. The van der Waals surface area contributed by atoms with Gasteiger partial charge in [0.15, 0.2) is 0 Å². The number of carbonyl (C=O) groups is 1. The minimum Gasteiger partial charge on any atom is -0.444 e. The summed E-state index contributed by atoms with van der Waals surface area (Å²) in [4.78, 5) is 11.6. The van der Waals surface area contributed by atoms with Gasteiger partial charge in [-0.25, -0.2) is 4.79 Å². The first kappa shape index (κ1) is 16.3. The third kappa shape index (κ3) is 6.30. The highest BCUT2D eigenvalue weighted by Crippen LogP contribution is 2.22. The van der Waals surface area contributed by atoms with Crippen LogP contribution in [-0.2, 0) is 11.2 Å². The molecule has 1 aromatic carbocycles. The molecule has 0 radical (unpaired) electrons. The van der Waals surface area contributed by atoms with Crippen molar-refractivity contribution in [3.05, 3.63) is 33.3 Å². The van der Waals surface area contributed by atoms with Crippen molar-refractivity contribution in [2.45, 2.75) is 45.8 Å². The van der Waals surface area contributed by atoms with Crippen LogP contribution in [0.4, 0.5) is 4.79 Å². The first-order valence-corrected chi connectivity index (χ1v) is 7.28. The smallest absolute Gasteiger partial charge is 0.407 e. The Morgan fingerprint density at radius 3 is 2.68 bits per heavy atom. The molecule has 0 aliphatic carbocycles. The summed E-state index contributed by atoms with van der Waals surface area (Å²) >= 11 is 9.52. The Balaban J connectivity index is 2.58. The Hall–Kier alpha value is -0.740. The summed E-state index contributed by atoms with van der Waals surface area (Å²) in [6, 6.07) is 5.62. The van der Waals surface area contributed by atoms with E-state index in [2.05, 4.69) is 21.2 Å². The highest BCUT2D eigenvalue weighted by atomic mass is 79.9. The molecule has 1 amide bonds. The zero-order chi connectivity index (χ0) is 14.6. The van der Waals surface area contributed by atoms with Crippen LogP contribution in [0, 0.1) is 0 Å². The highest BCUT2D eigenvalue weighted by Gasteiger charge is 2.18. The largest absolute Gasteiger partial charge is 0.444 e. The molecule has 0 heterocycles. The van der Waals surface area contributed by atoms with Gasteiger partial charge in [0.25, 0.3) is 0 Å². The number of alkyl carbamates (subject to hydrolysis) is 1. The standard InChI is InChI=1S/C14H19BrClNO2/c1-9(17-13(18)19-14(2,3)4)7-10-8-11(15)5-6-12(10)16/h5-6,8-9H,7H2,1-4H3,(H,17,18). The van der Waals surface area contributed by atoms with E-state index in [1.807, 2.05) is 45.9 Å². The van der Waals surface area contributed by atoms with Crippen molar-refractivity contribution in [3.63, 3.8) is 0 Å². The maximum absolute atomic E-state index is 11.6. The van der Waals surface area contributed by atoms with Gasteiger partial charge >= 0.3 is 6.09 Å². The Bertz CT molecular complexity index is 457. The topological polar surface area (TPSA) is 38.3 Å². The van der Waals surface area contributed by atoms with Gasteiger partial charge in [-0.2, -0.15) is 0 Å². The molecular weight excluding hydrogens is 330 g/mol. The van der Waals surface area contributed by atoms with Crippen molar-refractivity contribution >= 4 is 33.6 Å². The fraction of sp³-hybridized carbons (Fsp3) is 0.500. The van der Waals surface area contributed by atoms with E-state index >= 15 is 0 Å². The van der Waals surface area contributed by atoms with E-state index in [1.165, 1.54) is 0 Å². The Morgan fingerprint density at radius 2 is 2.11 bits per heavy atom. The zero-order valence-electron chi connectivity index (χ0n) is 11.6. The normalized spacial score (nSPS) is 12.9. The van der Waals surface area contributed by atoms with Gasteiger partial charge in [-0.1, -0.05) is 27.5 Å². The molecule has 0 aromatic heterocycles. The van der Waals surface area contributed by atoms with Crippen LogP contribution in [0.2, 0.25) is 5.02 Å². The maximum atomic E-state index is 11.6. The number of amides is 1. The number of hydrogen-bond donors (Lipinski definition) is 1. The number of ether oxygens (including phenoxy) is 1. The van der Waals surface area contributed by atoms with Crippen molar-refractivity contribution < 1.29 is 9.53 Å². The molecule has 0 aliphatic rings. The average molecular weight is 349 g/mol. The summed E-state index contributed by atoms with van der Waals surface area (Å²) in [5.74, 6) is 0. The van der Waals surface area contributed by atoms with Crippen molar-refractivity contribution in [2.75, 3.05) is 0 Å². The third-order valence-corrected chi connectivity index (χ3v) is 3.16. The van der Waals surface area contributed by atoms with Crippen molar-refractivity contribution in [1.29, 1.82) is 0 Å². The van der Waals surface area contributed by atoms with Crippen LogP contribution in [0.1, 0.15) is 33.3 Å². The van der Waals surface area contributed by atoms with Gasteiger partial charge in [-0.05, 0) is 57.9 Å². The summed E-state index contributed by atoms with van der Waals surface area (Å²) in [5.41, 5.74) is 0.497. The van der Waals surface area contributed by atoms with Crippen molar-refractivity contribution in [1.82, 2.24) is 5.32 Å². The molecule has 19 heavy (non-hydrogen) atoms. The first-order chi connectivity index (χ1) is 8.67. The SMILES string of the molecule is CC(Cc1cc(Br)ccc1Cl)NC(=O)OC(C)(C)C. The molecule has 0 aliphatic heterocycles. The van der Waals surface area contributed by atoms with Crippen LogP contribution in [-0.4, -0.2) is 17.7 Å². The van der Waals surface area contributed by atoms with Gasteiger partial charge in [0.05, 0.1) is 0 Å². The van der Waals surface area contributed by atoms with Crippen molar-refractivity contribution in [3.8, 4) is 0 Å².